The molecule has 0 atom stereocenters. The van der Waals surface area contributed by atoms with Crippen molar-refractivity contribution in [1.29, 1.82) is 5.26 Å². The minimum atomic E-state index is -4.60. The number of carbonyl (C=O) groups excluding carboxylic acids is 1. The molecular formula is C24H27F3N4O3S. The molecule has 11 heteroatoms. The minimum Gasteiger partial charge on any atom is -0.496 e. The van der Waals surface area contributed by atoms with Gasteiger partial charge in [-0.2, -0.15) is 28.4 Å². The third kappa shape index (κ3) is 6.11. The molecule has 1 heterocycles. The van der Waals surface area contributed by atoms with Gasteiger partial charge in [-0.25, -0.2) is 0 Å². The van der Waals surface area contributed by atoms with Crippen LogP contribution in [-0.4, -0.2) is 29.1 Å². The van der Waals surface area contributed by atoms with Crippen molar-refractivity contribution in [2.24, 2.45) is 9.98 Å². The Kier molecular flexibility index (Phi) is 7.45. The molecule has 0 amide bonds. The van der Waals surface area contributed by atoms with Gasteiger partial charge in [0.25, 0.3) is 0 Å². The average Bonchev–Trinajstić information content (AvgIpc) is 3.13. The van der Waals surface area contributed by atoms with Gasteiger partial charge in [-0.05, 0) is 42.9 Å². The molecule has 188 valence electrons. The summed E-state index contributed by atoms with van der Waals surface area (Å²) in [6.45, 7) is 7.77. The molecule has 1 fully saturated rings. The highest BCUT2D eigenvalue weighted by Gasteiger charge is 2.41. The van der Waals surface area contributed by atoms with E-state index in [2.05, 4.69) is 9.98 Å². The van der Waals surface area contributed by atoms with E-state index in [-0.39, 0.29) is 28.5 Å². The molecule has 1 aliphatic carbocycles. The Hall–Kier alpha value is -3.13. The Balaban J connectivity index is 2.19. The maximum atomic E-state index is 13.4. The number of methoxy groups -OCH3 is 1. The first-order chi connectivity index (χ1) is 16.3. The molecule has 1 aromatic carbocycles. The largest absolute Gasteiger partial charge is 0.496 e. The van der Waals surface area contributed by atoms with Gasteiger partial charge < -0.3 is 14.0 Å². The molecule has 0 radical (unpaired) electrons. The number of hydrogen-bond acceptors (Lipinski definition) is 6. The molecule has 0 saturated heterocycles. The molecule has 0 unspecified atom stereocenters. The van der Waals surface area contributed by atoms with Crippen molar-refractivity contribution in [3.8, 4) is 11.9 Å². The van der Waals surface area contributed by atoms with Crippen molar-refractivity contribution in [3.63, 3.8) is 0 Å². The fraction of sp³-hybridized carbons (Fsp3) is 0.500. The normalized spacial score (nSPS) is 16.4. The number of carbonyl (C=O) groups is 1. The van der Waals surface area contributed by atoms with Gasteiger partial charge in [0.2, 0.25) is 6.19 Å². The molecule has 2 aromatic rings. The number of aromatic nitrogens is 1. The SMILES string of the molecule is COc1ccc(C(F)(F)F)cc1C(=NC#N)/N=c1\sc(C(C)(C)C)cn1CC1(OC(C)=O)CCC1. The van der Waals surface area contributed by atoms with Crippen molar-refractivity contribution in [2.75, 3.05) is 7.11 Å². The van der Waals surface area contributed by atoms with Gasteiger partial charge in [0.1, 0.15) is 11.4 Å². The summed E-state index contributed by atoms with van der Waals surface area (Å²) in [6, 6.07) is 2.94. The molecule has 1 aromatic heterocycles. The Morgan fingerprint density at radius 1 is 1.29 bits per heavy atom. The zero-order valence-corrected chi connectivity index (χ0v) is 21.0. The van der Waals surface area contributed by atoms with Gasteiger partial charge in [0, 0.05) is 18.0 Å². The number of hydrogen-bond donors (Lipinski definition) is 0. The second kappa shape index (κ2) is 9.85. The van der Waals surface area contributed by atoms with Crippen LogP contribution in [0.1, 0.15) is 63.0 Å². The summed E-state index contributed by atoms with van der Waals surface area (Å²) in [7, 11) is 1.32. The number of benzene rings is 1. The number of esters is 1. The van der Waals surface area contributed by atoms with Crippen molar-refractivity contribution in [1.82, 2.24) is 4.57 Å². The van der Waals surface area contributed by atoms with Gasteiger partial charge in [0.15, 0.2) is 10.6 Å². The van der Waals surface area contributed by atoms with Crippen LogP contribution in [0, 0.1) is 11.5 Å². The molecule has 35 heavy (non-hydrogen) atoms. The lowest BCUT2D eigenvalue weighted by Crippen LogP contribution is -2.46. The van der Waals surface area contributed by atoms with E-state index in [0.717, 1.165) is 23.4 Å². The zero-order valence-electron chi connectivity index (χ0n) is 20.2. The van der Waals surface area contributed by atoms with Crippen LogP contribution in [0.5, 0.6) is 5.75 Å². The van der Waals surface area contributed by atoms with Crippen molar-refractivity contribution >= 4 is 23.1 Å². The molecule has 0 N–H and O–H groups in total. The summed E-state index contributed by atoms with van der Waals surface area (Å²) < 4.78 is 52.9. The Labute approximate surface area is 205 Å². The van der Waals surface area contributed by atoms with Gasteiger partial charge in [-0.15, -0.1) is 11.3 Å². The lowest BCUT2D eigenvalue weighted by atomic mass is 9.80. The lowest BCUT2D eigenvalue weighted by molar-refractivity contribution is -0.169. The summed E-state index contributed by atoms with van der Waals surface area (Å²) in [6.07, 6.45) is 1.25. The van der Waals surface area contributed by atoms with Crippen LogP contribution in [0.2, 0.25) is 0 Å². The number of alkyl halides is 3. The molecule has 0 aliphatic heterocycles. The number of halogens is 3. The van der Waals surface area contributed by atoms with E-state index in [1.165, 1.54) is 31.4 Å². The molecule has 1 saturated carbocycles. The number of ether oxygens (including phenoxy) is 2. The van der Waals surface area contributed by atoms with E-state index in [4.69, 9.17) is 9.47 Å². The highest BCUT2D eigenvalue weighted by molar-refractivity contribution is 7.09. The number of nitriles is 1. The summed E-state index contributed by atoms with van der Waals surface area (Å²) >= 11 is 1.34. The summed E-state index contributed by atoms with van der Waals surface area (Å²) in [5.41, 5.74) is -1.88. The molecule has 1 aliphatic rings. The van der Waals surface area contributed by atoms with E-state index < -0.39 is 17.3 Å². The van der Waals surface area contributed by atoms with Crippen LogP contribution >= 0.6 is 11.3 Å². The predicted octanol–water partition coefficient (Wildman–Crippen LogP) is 5.19. The highest BCUT2D eigenvalue weighted by Crippen LogP contribution is 2.38. The first kappa shape index (κ1) is 26.5. The smallest absolute Gasteiger partial charge is 0.416 e. The standard InChI is InChI=1S/C24H27F3N4O3S/c1-15(32)34-23(9-6-10-23)13-31-12-19(22(2,3)4)35-21(31)30-20(29-14-28)17-11-16(24(25,26)27)7-8-18(17)33-5/h7-8,11-12H,6,9-10,13H2,1-5H3/b29-20?,30-21-. The van der Waals surface area contributed by atoms with Crippen molar-refractivity contribution in [3.05, 3.63) is 45.2 Å². The van der Waals surface area contributed by atoms with E-state index in [0.29, 0.717) is 24.2 Å². The minimum absolute atomic E-state index is 0.0560. The molecule has 0 bridgehead atoms. The lowest BCUT2D eigenvalue weighted by Gasteiger charge is -2.40. The zero-order chi connectivity index (χ0) is 26.0. The quantitative estimate of drug-likeness (QED) is 0.241. The number of aliphatic imine (C=N–C) groups is 1. The topological polar surface area (TPSA) is 89.0 Å². The maximum absolute atomic E-state index is 13.4. The van der Waals surface area contributed by atoms with Crippen LogP contribution < -0.4 is 9.54 Å². The molecule has 0 spiro atoms. The molecule has 3 rings (SSSR count). The highest BCUT2D eigenvalue weighted by atomic mass is 32.1. The summed E-state index contributed by atoms with van der Waals surface area (Å²) in [4.78, 5) is 21.3. The van der Waals surface area contributed by atoms with Crippen LogP contribution in [0.3, 0.4) is 0 Å². The fourth-order valence-corrected chi connectivity index (χ4v) is 4.80. The Bertz CT molecular complexity index is 1240. The molecule has 7 nitrogen and oxygen atoms in total. The third-order valence-electron chi connectivity index (χ3n) is 5.67. The summed E-state index contributed by atoms with van der Waals surface area (Å²) in [5.74, 6) is -0.484. The second-order valence-electron chi connectivity index (χ2n) is 9.45. The van der Waals surface area contributed by atoms with E-state index in [1.54, 1.807) is 6.19 Å². The Morgan fingerprint density at radius 2 is 1.97 bits per heavy atom. The number of nitrogens with zero attached hydrogens (tertiary/aromatic N) is 4. The number of amidine groups is 1. The number of rotatable bonds is 5. The average molecular weight is 509 g/mol. The Morgan fingerprint density at radius 3 is 2.46 bits per heavy atom. The van der Waals surface area contributed by atoms with Crippen LogP contribution in [0.15, 0.2) is 34.4 Å². The van der Waals surface area contributed by atoms with Crippen LogP contribution in [0.4, 0.5) is 13.2 Å². The fourth-order valence-electron chi connectivity index (χ4n) is 3.75. The first-order valence-electron chi connectivity index (χ1n) is 11.0. The van der Waals surface area contributed by atoms with Crippen LogP contribution in [-0.2, 0) is 27.7 Å². The molecular weight excluding hydrogens is 481 g/mol. The third-order valence-corrected chi connectivity index (χ3v) is 7.11. The van der Waals surface area contributed by atoms with Gasteiger partial charge >= 0.3 is 12.1 Å². The van der Waals surface area contributed by atoms with E-state index in [9.17, 15) is 23.2 Å². The first-order valence-corrected chi connectivity index (χ1v) is 11.8. The predicted molar refractivity (Wildman–Crippen MR) is 125 cm³/mol. The van der Waals surface area contributed by atoms with Gasteiger partial charge in [-0.1, -0.05) is 20.8 Å². The van der Waals surface area contributed by atoms with E-state index in [1.807, 2.05) is 31.5 Å². The summed E-state index contributed by atoms with van der Waals surface area (Å²) in [5, 5.41) is 9.28. The van der Waals surface area contributed by atoms with E-state index >= 15 is 0 Å². The number of thiazole rings is 1. The van der Waals surface area contributed by atoms with Crippen molar-refractivity contribution < 1.29 is 27.4 Å². The van der Waals surface area contributed by atoms with Gasteiger partial charge in [-0.3, -0.25) is 4.79 Å². The van der Waals surface area contributed by atoms with Crippen LogP contribution in [0.25, 0.3) is 0 Å². The maximum Gasteiger partial charge on any atom is 0.416 e. The van der Waals surface area contributed by atoms with Gasteiger partial charge in [0.05, 0.1) is 24.8 Å². The monoisotopic (exact) mass is 508 g/mol. The van der Waals surface area contributed by atoms with Crippen molar-refractivity contribution in [2.45, 2.75) is 70.7 Å². The second-order valence-corrected chi connectivity index (χ2v) is 10.5.